The summed E-state index contributed by atoms with van der Waals surface area (Å²) in [6.07, 6.45) is 5.24. The number of carbonyl (C=O) groups excluding carboxylic acids is 1. The van der Waals surface area contributed by atoms with Crippen molar-refractivity contribution in [2.75, 3.05) is 58.3 Å². The fourth-order valence-electron chi connectivity index (χ4n) is 6.39. The van der Waals surface area contributed by atoms with Crippen molar-refractivity contribution in [3.63, 3.8) is 0 Å². The van der Waals surface area contributed by atoms with Crippen molar-refractivity contribution < 1.29 is 13.9 Å². The molecule has 2 saturated heterocycles. The Kier molecular flexibility index (Phi) is 9.67. The maximum Gasteiger partial charge on any atom is 0.262 e. The first kappa shape index (κ1) is 30.2. The number of carbonyl (C=O) groups is 1. The molecule has 0 bridgehead atoms. The van der Waals surface area contributed by atoms with Gasteiger partial charge in [0.2, 0.25) is 0 Å². The molecule has 40 heavy (non-hydrogen) atoms. The molecule has 2 aromatic rings. The third kappa shape index (κ3) is 6.74. The second-order valence-corrected chi connectivity index (χ2v) is 12.5. The second-order valence-electron chi connectivity index (χ2n) is 12.5. The van der Waals surface area contributed by atoms with E-state index in [1.54, 1.807) is 11.1 Å². The molecule has 9 heteroatoms. The van der Waals surface area contributed by atoms with E-state index >= 15 is 0 Å². The summed E-state index contributed by atoms with van der Waals surface area (Å²) in [5, 5.41) is 8.37. The van der Waals surface area contributed by atoms with Gasteiger partial charge in [-0.05, 0) is 90.9 Å². The summed E-state index contributed by atoms with van der Waals surface area (Å²) >= 11 is 0. The van der Waals surface area contributed by atoms with Crippen LogP contribution in [-0.2, 0) is 0 Å². The fourth-order valence-corrected chi connectivity index (χ4v) is 6.39. The van der Waals surface area contributed by atoms with Crippen molar-refractivity contribution in [2.24, 2.45) is 11.3 Å². The van der Waals surface area contributed by atoms with Crippen LogP contribution in [-0.4, -0.2) is 96.3 Å². The lowest BCUT2D eigenvalue weighted by Gasteiger charge is -2.53. The first-order valence-corrected chi connectivity index (χ1v) is 14.8. The van der Waals surface area contributed by atoms with Gasteiger partial charge in [0, 0.05) is 50.2 Å². The zero-order valence-electron chi connectivity index (χ0n) is 25.4. The molecule has 0 N–H and O–H groups in total. The van der Waals surface area contributed by atoms with Gasteiger partial charge in [0.05, 0.1) is 11.8 Å². The first-order valence-electron chi connectivity index (χ1n) is 14.8. The monoisotopic (exact) mass is 554 g/mol. The lowest BCUT2D eigenvalue weighted by atomic mass is 9.76. The molecule has 1 atom stereocenters. The Labute approximate surface area is 239 Å². The summed E-state index contributed by atoms with van der Waals surface area (Å²) in [4.78, 5) is 22.3. The van der Waals surface area contributed by atoms with E-state index in [1.807, 2.05) is 26.8 Å². The molecule has 2 aliphatic rings. The van der Waals surface area contributed by atoms with Gasteiger partial charge in [0.1, 0.15) is 17.3 Å². The predicted molar refractivity (Wildman–Crippen MR) is 158 cm³/mol. The highest BCUT2D eigenvalue weighted by Gasteiger charge is 2.50. The van der Waals surface area contributed by atoms with E-state index in [-0.39, 0.29) is 28.7 Å². The largest absolute Gasteiger partial charge is 0.435 e. The average molecular weight is 555 g/mol. The summed E-state index contributed by atoms with van der Waals surface area (Å²) in [7, 11) is 4.28. The highest BCUT2D eigenvalue weighted by atomic mass is 19.1. The Morgan fingerprint density at radius 2 is 1.90 bits per heavy atom. The topological polar surface area (TPSA) is 65.0 Å². The SMILES string of the molecule is CCN(C(=O)c1cc(F)ccc1Oc1nnccc1N1CCC2(C1)CN([C@@H](CCCN(C)C)C(C)C)C2)C(C)C. The number of benzene rings is 1. The van der Waals surface area contributed by atoms with Gasteiger partial charge in [-0.15, -0.1) is 5.10 Å². The van der Waals surface area contributed by atoms with Gasteiger partial charge in [0.25, 0.3) is 11.8 Å². The van der Waals surface area contributed by atoms with Crippen LogP contribution in [0.3, 0.4) is 0 Å². The van der Waals surface area contributed by atoms with Crippen LogP contribution in [0.2, 0.25) is 0 Å². The van der Waals surface area contributed by atoms with E-state index in [9.17, 15) is 9.18 Å². The summed E-state index contributed by atoms with van der Waals surface area (Å²) in [6.45, 7) is 16.2. The number of anilines is 1. The van der Waals surface area contributed by atoms with Gasteiger partial charge in [-0.3, -0.25) is 9.69 Å². The Morgan fingerprint density at radius 1 is 1.15 bits per heavy atom. The van der Waals surface area contributed by atoms with E-state index in [4.69, 9.17) is 4.74 Å². The van der Waals surface area contributed by atoms with Crippen molar-refractivity contribution in [1.82, 2.24) is 24.9 Å². The molecule has 0 radical (unpaired) electrons. The van der Waals surface area contributed by atoms with Gasteiger partial charge < -0.3 is 19.4 Å². The number of hydrogen-bond acceptors (Lipinski definition) is 7. The standard InChI is InChI=1S/C31H47FN6O2/c1-8-38(23(4)5)30(39)25-18-24(32)11-12-28(25)40-29-27(13-15-33-34-29)36-17-14-31(19-36)20-37(21-31)26(22(2)3)10-9-16-35(6)7/h11-13,15,18,22-23,26H,8-10,14,16-17,19-21H2,1-7H3/t26-/m0/s1. The van der Waals surface area contributed by atoms with Gasteiger partial charge in [-0.1, -0.05) is 13.8 Å². The van der Waals surface area contributed by atoms with Crippen molar-refractivity contribution in [3.05, 3.63) is 41.8 Å². The third-order valence-corrected chi connectivity index (χ3v) is 8.47. The molecule has 2 aliphatic heterocycles. The Hall–Kier alpha value is -2.78. The minimum absolute atomic E-state index is 0.0215. The van der Waals surface area contributed by atoms with Gasteiger partial charge >= 0.3 is 0 Å². The van der Waals surface area contributed by atoms with Crippen LogP contribution in [0, 0.1) is 17.2 Å². The summed E-state index contributed by atoms with van der Waals surface area (Å²) < 4.78 is 20.5. The molecular weight excluding hydrogens is 507 g/mol. The molecule has 1 amide bonds. The molecule has 220 valence electrons. The number of aromatic nitrogens is 2. The molecule has 0 aliphatic carbocycles. The average Bonchev–Trinajstić information content (AvgIpc) is 3.33. The van der Waals surface area contributed by atoms with Gasteiger partial charge in [-0.25, -0.2) is 4.39 Å². The third-order valence-electron chi connectivity index (χ3n) is 8.47. The van der Waals surface area contributed by atoms with E-state index in [0.717, 1.165) is 44.8 Å². The van der Waals surface area contributed by atoms with Crippen LogP contribution in [0.25, 0.3) is 0 Å². The van der Waals surface area contributed by atoms with Gasteiger partial charge in [-0.2, -0.15) is 5.10 Å². The highest BCUT2D eigenvalue weighted by molar-refractivity contribution is 5.97. The normalized spacial score (nSPS) is 17.6. The Bertz CT molecular complexity index is 1150. The quantitative estimate of drug-likeness (QED) is 0.359. The molecule has 8 nitrogen and oxygen atoms in total. The van der Waals surface area contributed by atoms with Crippen LogP contribution in [0.4, 0.5) is 10.1 Å². The minimum Gasteiger partial charge on any atom is -0.435 e. The van der Waals surface area contributed by atoms with Crippen LogP contribution < -0.4 is 9.64 Å². The lowest BCUT2D eigenvalue weighted by molar-refractivity contribution is -0.0343. The Balaban J connectivity index is 1.47. The van der Waals surface area contributed by atoms with E-state index in [2.05, 4.69) is 52.8 Å². The number of nitrogens with zero attached hydrogens (tertiary/aromatic N) is 6. The maximum atomic E-state index is 14.2. The number of rotatable bonds is 12. The molecule has 1 spiro atoms. The molecule has 1 aromatic carbocycles. The predicted octanol–water partition coefficient (Wildman–Crippen LogP) is 5.16. The molecular formula is C31H47FN6O2. The molecule has 3 heterocycles. The second kappa shape index (κ2) is 12.8. The number of ether oxygens (including phenoxy) is 1. The summed E-state index contributed by atoms with van der Waals surface area (Å²) in [6, 6.07) is 6.58. The van der Waals surface area contributed by atoms with E-state index < -0.39 is 5.82 Å². The van der Waals surface area contributed by atoms with E-state index in [1.165, 1.54) is 31.0 Å². The highest BCUT2D eigenvalue weighted by Crippen LogP contribution is 2.45. The maximum absolute atomic E-state index is 14.2. The van der Waals surface area contributed by atoms with Crippen LogP contribution in [0.1, 0.15) is 64.2 Å². The van der Waals surface area contributed by atoms with Crippen molar-refractivity contribution in [3.8, 4) is 11.6 Å². The van der Waals surface area contributed by atoms with Crippen LogP contribution in [0.15, 0.2) is 30.5 Å². The Morgan fingerprint density at radius 3 is 2.55 bits per heavy atom. The fraction of sp³-hybridized carbons (Fsp3) is 0.645. The number of hydrogen-bond donors (Lipinski definition) is 0. The van der Waals surface area contributed by atoms with Crippen molar-refractivity contribution >= 4 is 11.6 Å². The van der Waals surface area contributed by atoms with Crippen LogP contribution >= 0.6 is 0 Å². The zero-order chi connectivity index (χ0) is 29.0. The first-order chi connectivity index (χ1) is 19.0. The summed E-state index contributed by atoms with van der Waals surface area (Å²) in [5.74, 6) is 0.513. The smallest absolute Gasteiger partial charge is 0.262 e. The molecule has 0 saturated carbocycles. The van der Waals surface area contributed by atoms with Gasteiger partial charge in [0.15, 0.2) is 0 Å². The zero-order valence-corrected chi connectivity index (χ0v) is 25.4. The summed E-state index contributed by atoms with van der Waals surface area (Å²) in [5.41, 5.74) is 1.31. The number of amides is 1. The molecule has 0 unspecified atom stereocenters. The number of halogens is 1. The number of likely N-dealkylation sites (tertiary alicyclic amines) is 1. The van der Waals surface area contributed by atoms with Crippen molar-refractivity contribution in [1.29, 1.82) is 0 Å². The lowest BCUT2D eigenvalue weighted by Crippen LogP contribution is -2.62. The van der Waals surface area contributed by atoms with E-state index in [0.29, 0.717) is 24.4 Å². The molecule has 2 fully saturated rings. The van der Waals surface area contributed by atoms with Crippen LogP contribution in [0.5, 0.6) is 11.6 Å². The van der Waals surface area contributed by atoms with Crippen molar-refractivity contribution in [2.45, 2.75) is 66.0 Å². The molecule has 4 rings (SSSR count). The molecule has 1 aromatic heterocycles. The minimum atomic E-state index is -0.479.